The van der Waals surface area contributed by atoms with Crippen LogP contribution in [0.15, 0.2) is 0 Å². The molecule has 0 aliphatic heterocycles. The highest BCUT2D eigenvalue weighted by Crippen LogP contribution is 2.50. The molecule has 0 aromatic heterocycles. The standard InChI is InChI=1S/C12H19F2NO3/c1-11(2,3)18-10(17)15-5-4-9(16)6-8-7-12(8,13)14/h8H,4-7H2,1-3H3,(H,15,17). The van der Waals surface area contributed by atoms with E-state index in [1.54, 1.807) is 20.8 Å². The van der Waals surface area contributed by atoms with Gasteiger partial charge in [0.15, 0.2) is 0 Å². The van der Waals surface area contributed by atoms with Gasteiger partial charge in [0.2, 0.25) is 0 Å². The molecule has 0 aromatic rings. The van der Waals surface area contributed by atoms with Crippen molar-refractivity contribution in [2.24, 2.45) is 5.92 Å². The first-order valence-corrected chi connectivity index (χ1v) is 5.96. The van der Waals surface area contributed by atoms with Crippen molar-refractivity contribution >= 4 is 11.9 Å². The number of carbonyl (C=O) groups excluding carboxylic acids is 2. The summed E-state index contributed by atoms with van der Waals surface area (Å²) in [7, 11) is 0. The Morgan fingerprint density at radius 2 is 1.94 bits per heavy atom. The zero-order valence-electron chi connectivity index (χ0n) is 10.9. The Balaban J connectivity index is 2.11. The third-order valence-corrected chi connectivity index (χ3v) is 2.50. The molecule has 1 aliphatic carbocycles. The number of ether oxygens (including phenoxy) is 1. The van der Waals surface area contributed by atoms with E-state index in [9.17, 15) is 18.4 Å². The highest BCUT2D eigenvalue weighted by atomic mass is 19.3. The fourth-order valence-electron chi connectivity index (χ4n) is 1.49. The van der Waals surface area contributed by atoms with Crippen molar-refractivity contribution in [3.05, 3.63) is 0 Å². The normalized spacial score (nSPS) is 21.3. The molecule has 1 N–H and O–H groups in total. The maximum Gasteiger partial charge on any atom is 0.407 e. The SMILES string of the molecule is CC(C)(C)OC(=O)NCCC(=O)CC1CC1(F)F. The van der Waals surface area contributed by atoms with Gasteiger partial charge in [-0.2, -0.15) is 0 Å². The van der Waals surface area contributed by atoms with Crippen molar-refractivity contribution in [1.82, 2.24) is 5.32 Å². The molecule has 0 bridgehead atoms. The Bertz CT molecular complexity index is 337. The Hall–Kier alpha value is -1.20. The van der Waals surface area contributed by atoms with E-state index in [1.807, 2.05) is 0 Å². The Kier molecular flexibility index (Phi) is 4.29. The predicted molar refractivity (Wildman–Crippen MR) is 61.5 cm³/mol. The van der Waals surface area contributed by atoms with Gasteiger partial charge in [0.25, 0.3) is 5.92 Å². The maximum absolute atomic E-state index is 12.6. The van der Waals surface area contributed by atoms with E-state index in [1.165, 1.54) is 0 Å². The molecule has 4 nitrogen and oxygen atoms in total. The van der Waals surface area contributed by atoms with Crippen molar-refractivity contribution in [3.8, 4) is 0 Å². The van der Waals surface area contributed by atoms with Crippen LogP contribution in [-0.2, 0) is 9.53 Å². The highest BCUT2D eigenvalue weighted by molar-refractivity contribution is 5.80. The highest BCUT2D eigenvalue weighted by Gasteiger charge is 2.56. The minimum absolute atomic E-state index is 0.0613. The summed E-state index contributed by atoms with van der Waals surface area (Å²) >= 11 is 0. The van der Waals surface area contributed by atoms with Gasteiger partial charge >= 0.3 is 6.09 Å². The van der Waals surface area contributed by atoms with Crippen LogP contribution in [0.25, 0.3) is 0 Å². The molecule has 0 radical (unpaired) electrons. The van der Waals surface area contributed by atoms with Crippen LogP contribution >= 0.6 is 0 Å². The molecule has 1 amide bonds. The first kappa shape index (κ1) is 14.9. The average molecular weight is 263 g/mol. The van der Waals surface area contributed by atoms with Crippen molar-refractivity contribution in [1.29, 1.82) is 0 Å². The van der Waals surface area contributed by atoms with Crippen molar-refractivity contribution in [2.45, 2.75) is 51.6 Å². The number of alkyl carbamates (subject to hydrolysis) is 1. The van der Waals surface area contributed by atoms with Gasteiger partial charge < -0.3 is 10.1 Å². The van der Waals surface area contributed by atoms with E-state index in [0.29, 0.717) is 0 Å². The summed E-state index contributed by atoms with van der Waals surface area (Å²) in [5.74, 6) is -3.71. The third kappa shape index (κ3) is 5.42. The molecule has 0 aromatic carbocycles. The molecule has 1 rings (SSSR count). The fraction of sp³-hybridized carbons (Fsp3) is 0.833. The van der Waals surface area contributed by atoms with Gasteiger partial charge in [0.05, 0.1) is 0 Å². The second-order valence-corrected chi connectivity index (χ2v) is 5.58. The van der Waals surface area contributed by atoms with E-state index < -0.39 is 23.5 Å². The van der Waals surface area contributed by atoms with Crippen LogP contribution in [0.3, 0.4) is 0 Å². The number of hydrogen-bond donors (Lipinski definition) is 1. The van der Waals surface area contributed by atoms with E-state index >= 15 is 0 Å². The summed E-state index contributed by atoms with van der Waals surface area (Å²) < 4.78 is 30.1. The zero-order chi connectivity index (χ0) is 14.0. The van der Waals surface area contributed by atoms with Gasteiger partial charge in [-0.25, -0.2) is 13.6 Å². The second kappa shape index (κ2) is 5.20. The molecule has 1 unspecified atom stereocenters. The largest absolute Gasteiger partial charge is 0.444 e. The minimum Gasteiger partial charge on any atom is -0.444 e. The van der Waals surface area contributed by atoms with E-state index in [-0.39, 0.29) is 31.6 Å². The molecule has 6 heteroatoms. The van der Waals surface area contributed by atoms with E-state index in [4.69, 9.17) is 4.74 Å². The molecule has 1 fully saturated rings. The molecule has 104 valence electrons. The molecule has 0 heterocycles. The smallest absolute Gasteiger partial charge is 0.407 e. The lowest BCUT2D eigenvalue weighted by Crippen LogP contribution is -2.33. The van der Waals surface area contributed by atoms with Crippen LogP contribution in [0, 0.1) is 5.92 Å². The number of nitrogens with one attached hydrogen (secondary N) is 1. The van der Waals surface area contributed by atoms with Crippen molar-refractivity contribution in [3.63, 3.8) is 0 Å². The van der Waals surface area contributed by atoms with Crippen LogP contribution in [-0.4, -0.2) is 29.9 Å². The van der Waals surface area contributed by atoms with E-state index in [0.717, 1.165) is 0 Å². The van der Waals surface area contributed by atoms with Crippen LogP contribution in [0.5, 0.6) is 0 Å². The number of alkyl halides is 2. The topological polar surface area (TPSA) is 55.4 Å². The predicted octanol–water partition coefficient (Wildman–Crippen LogP) is 2.52. The summed E-state index contributed by atoms with van der Waals surface area (Å²) in [6.45, 7) is 5.30. The Morgan fingerprint density at radius 3 is 2.39 bits per heavy atom. The van der Waals surface area contributed by atoms with Gasteiger partial charge in [-0.15, -0.1) is 0 Å². The van der Waals surface area contributed by atoms with Crippen LogP contribution in [0.4, 0.5) is 13.6 Å². The van der Waals surface area contributed by atoms with E-state index in [2.05, 4.69) is 5.32 Å². The van der Waals surface area contributed by atoms with Gasteiger partial charge in [-0.1, -0.05) is 0 Å². The first-order valence-electron chi connectivity index (χ1n) is 5.96. The lowest BCUT2D eigenvalue weighted by atomic mass is 10.1. The monoisotopic (exact) mass is 263 g/mol. The number of Topliss-reactive ketones (excluding diaryl/α,β-unsaturated/α-hetero) is 1. The molecule has 0 spiro atoms. The maximum atomic E-state index is 12.6. The summed E-state index contributed by atoms with van der Waals surface area (Å²) in [5, 5.41) is 2.41. The summed E-state index contributed by atoms with van der Waals surface area (Å²) in [6, 6.07) is 0. The van der Waals surface area contributed by atoms with Gasteiger partial charge in [0, 0.05) is 31.7 Å². The van der Waals surface area contributed by atoms with Crippen molar-refractivity contribution < 1.29 is 23.1 Å². The summed E-state index contributed by atoms with van der Waals surface area (Å²) in [5.41, 5.74) is -0.593. The molecule has 1 saturated carbocycles. The molecule has 1 atom stereocenters. The second-order valence-electron chi connectivity index (χ2n) is 5.58. The third-order valence-electron chi connectivity index (χ3n) is 2.50. The molecule has 1 aliphatic rings. The number of amides is 1. The average Bonchev–Trinajstić information content (AvgIpc) is 2.69. The Morgan fingerprint density at radius 1 is 1.39 bits per heavy atom. The number of ketones is 1. The molecular formula is C12H19F2NO3. The summed E-state index contributed by atoms with van der Waals surface area (Å²) in [4.78, 5) is 22.5. The van der Waals surface area contributed by atoms with Crippen molar-refractivity contribution in [2.75, 3.05) is 6.54 Å². The van der Waals surface area contributed by atoms with Crippen LogP contribution in [0.2, 0.25) is 0 Å². The van der Waals surface area contributed by atoms with Gasteiger partial charge in [-0.05, 0) is 20.8 Å². The quantitative estimate of drug-likeness (QED) is 0.829. The zero-order valence-corrected chi connectivity index (χ0v) is 10.9. The number of halogens is 2. The van der Waals surface area contributed by atoms with Gasteiger partial charge in [0.1, 0.15) is 11.4 Å². The van der Waals surface area contributed by atoms with Gasteiger partial charge in [-0.3, -0.25) is 4.79 Å². The number of carbonyl (C=O) groups is 2. The lowest BCUT2D eigenvalue weighted by molar-refractivity contribution is -0.119. The number of hydrogen-bond acceptors (Lipinski definition) is 3. The molecule has 0 saturated heterocycles. The van der Waals surface area contributed by atoms with Crippen LogP contribution in [0.1, 0.15) is 40.0 Å². The molecule has 18 heavy (non-hydrogen) atoms. The lowest BCUT2D eigenvalue weighted by Gasteiger charge is -2.19. The Labute approximate surface area is 105 Å². The summed E-state index contributed by atoms with van der Waals surface area (Å²) in [6.07, 6.45) is -0.848. The fourth-order valence-corrected chi connectivity index (χ4v) is 1.49. The minimum atomic E-state index is -2.66. The first-order chi connectivity index (χ1) is 8.10. The van der Waals surface area contributed by atoms with Crippen LogP contribution < -0.4 is 5.32 Å². The number of rotatable bonds is 5. The molecular weight excluding hydrogens is 244 g/mol.